The first kappa shape index (κ1) is 12.8. The Kier molecular flexibility index (Phi) is 3.77. The van der Waals surface area contributed by atoms with Crippen molar-refractivity contribution in [3.05, 3.63) is 35.7 Å². The number of hydrogen-bond acceptors (Lipinski definition) is 3. The quantitative estimate of drug-likeness (QED) is 0.822. The Morgan fingerprint density at radius 1 is 1.44 bits per heavy atom. The molecule has 4 nitrogen and oxygen atoms in total. The molecule has 1 N–H and O–H groups in total. The van der Waals surface area contributed by atoms with Crippen molar-refractivity contribution >= 4 is 11.3 Å². The van der Waals surface area contributed by atoms with Gasteiger partial charge in [0.2, 0.25) is 0 Å². The van der Waals surface area contributed by atoms with Gasteiger partial charge in [-0.25, -0.2) is 4.52 Å². The first-order valence-corrected chi connectivity index (χ1v) is 6.25. The summed E-state index contributed by atoms with van der Waals surface area (Å²) in [5.74, 6) is 0.0974. The van der Waals surface area contributed by atoms with E-state index < -0.39 is 0 Å². The van der Waals surface area contributed by atoms with Crippen molar-refractivity contribution in [1.29, 1.82) is 0 Å². The van der Waals surface area contributed by atoms with Gasteiger partial charge >= 0.3 is 0 Å². The van der Waals surface area contributed by atoms with Crippen molar-refractivity contribution in [2.75, 3.05) is 6.61 Å². The monoisotopic (exact) mass is 246 g/mol. The van der Waals surface area contributed by atoms with Gasteiger partial charge in [-0.05, 0) is 24.5 Å². The smallest absolute Gasteiger partial charge is 0.169 e. The molecule has 2 aromatic rings. The zero-order chi connectivity index (χ0) is 13.1. The van der Waals surface area contributed by atoms with Crippen LogP contribution >= 0.6 is 0 Å². The highest BCUT2D eigenvalue weighted by Crippen LogP contribution is 2.16. The average Bonchev–Trinajstić information content (AvgIpc) is 2.78. The maximum atomic E-state index is 12.0. The number of aliphatic hydroxyl groups is 1. The normalized spacial score (nSPS) is 11.3. The van der Waals surface area contributed by atoms with Gasteiger partial charge in [0.15, 0.2) is 5.78 Å². The van der Waals surface area contributed by atoms with Gasteiger partial charge in [0.05, 0.1) is 17.3 Å². The molecule has 0 aromatic carbocycles. The molecular formula is C14H18N2O2. The predicted octanol–water partition coefficient (Wildman–Crippen LogP) is 2.10. The van der Waals surface area contributed by atoms with E-state index in [9.17, 15) is 4.79 Å². The second-order valence-electron chi connectivity index (χ2n) is 4.77. The first-order chi connectivity index (χ1) is 8.63. The van der Waals surface area contributed by atoms with Crippen LogP contribution in [-0.4, -0.2) is 27.1 Å². The van der Waals surface area contributed by atoms with Gasteiger partial charge in [-0.15, -0.1) is 0 Å². The van der Waals surface area contributed by atoms with Crippen LogP contribution in [-0.2, 0) is 6.42 Å². The van der Waals surface area contributed by atoms with Crippen molar-refractivity contribution in [3.8, 4) is 0 Å². The zero-order valence-corrected chi connectivity index (χ0v) is 10.8. The van der Waals surface area contributed by atoms with E-state index in [1.165, 1.54) is 0 Å². The number of carbonyl (C=O) groups is 1. The average molecular weight is 246 g/mol. The molecule has 2 heterocycles. The molecule has 0 amide bonds. The number of hydrogen-bond donors (Lipinski definition) is 1. The molecule has 0 bridgehead atoms. The molecule has 2 rings (SSSR count). The van der Waals surface area contributed by atoms with Gasteiger partial charge in [-0.1, -0.05) is 19.9 Å². The van der Waals surface area contributed by atoms with Gasteiger partial charge < -0.3 is 5.11 Å². The topological polar surface area (TPSA) is 54.6 Å². The Morgan fingerprint density at radius 3 is 2.89 bits per heavy atom. The minimum absolute atomic E-state index is 0.0212. The summed E-state index contributed by atoms with van der Waals surface area (Å²) in [6.07, 6.45) is 5.11. The van der Waals surface area contributed by atoms with Gasteiger partial charge in [-0.2, -0.15) is 5.10 Å². The third-order valence-corrected chi connectivity index (χ3v) is 2.99. The number of pyridine rings is 1. The van der Waals surface area contributed by atoms with Crippen LogP contribution in [0.25, 0.3) is 5.52 Å². The number of carbonyl (C=O) groups excluding carboxylic acids is 1. The highest BCUT2D eigenvalue weighted by molar-refractivity contribution is 6.03. The lowest BCUT2D eigenvalue weighted by Gasteiger charge is -2.03. The molecule has 0 saturated heterocycles. The summed E-state index contributed by atoms with van der Waals surface area (Å²) in [5.41, 5.74) is 2.64. The standard InChI is InChI=1S/C14H18N2O2/c1-10(2)14(18)12-8-15-16-9-11(4-3-7-17)5-6-13(12)16/h5-6,8-10,17H,3-4,7H2,1-2H3. The number of Topliss-reactive ketones (excluding diaryl/α,β-unsaturated/α-hetero) is 1. The van der Waals surface area contributed by atoms with Crippen molar-refractivity contribution in [2.24, 2.45) is 5.92 Å². The fourth-order valence-corrected chi connectivity index (χ4v) is 1.96. The first-order valence-electron chi connectivity index (χ1n) is 6.25. The molecular weight excluding hydrogens is 228 g/mol. The highest BCUT2D eigenvalue weighted by atomic mass is 16.2. The summed E-state index contributed by atoms with van der Waals surface area (Å²) in [4.78, 5) is 12.0. The van der Waals surface area contributed by atoms with Crippen LogP contribution in [0.5, 0.6) is 0 Å². The van der Waals surface area contributed by atoms with E-state index >= 15 is 0 Å². The van der Waals surface area contributed by atoms with E-state index in [1.807, 2.05) is 32.2 Å². The van der Waals surface area contributed by atoms with Gasteiger partial charge in [0.25, 0.3) is 0 Å². The molecule has 0 aliphatic rings. The van der Waals surface area contributed by atoms with E-state index in [2.05, 4.69) is 5.10 Å². The summed E-state index contributed by atoms with van der Waals surface area (Å²) in [5, 5.41) is 13.0. The number of aliphatic hydroxyl groups excluding tert-OH is 1. The Balaban J connectivity index is 2.34. The van der Waals surface area contributed by atoms with E-state index in [-0.39, 0.29) is 18.3 Å². The number of aromatic nitrogens is 2. The van der Waals surface area contributed by atoms with E-state index in [1.54, 1.807) is 10.7 Å². The van der Waals surface area contributed by atoms with Crippen LogP contribution in [0.15, 0.2) is 24.5 Å². The lowest BCUT2D eigenvalue weighted by molar-refractivity contribution is 0.0941. The summed E-state index contributed by atoms with van der Waals surface area (Å²) in [7, 11) is 0. The van der Waals surface area contributed by atoms with Crippen molar-refractivity contribution in [3.63, 3.8) is 0 Å². The van der Waals surface area contributed by atoms with Crippen LogP contribution in [0, 0.1) is 5.92 Å². The molecule has 96 valence electrons. The Labute approximate surface area is 106 Å². The minimum Gasteiger partial charge on any atom is -0.396 e. The second kappa shape index (κ2) is 5.31. The predicted molar refractivity (Wildman–Crippen MR) is 69.8 cm³/mol. The second-order valence-corrected chi connectivity index (χ2v) is 4.77. The Morgan fingerprint density at radius 2 is 2.22 bits per heavy atom. The van der Waals surface area contributed by atoms with E-state index in [0.29, 0.717) is 5.56 Å². The van der Waals surface area contributed by atoms with Crippen LogP contribution in [0.2, 0.25) is 0 Å². The molecule has 0 aliphatic carbocycles. The van der Waals surface area contributed by atoms with Gasteiger partial charge in [0, 0.05) is 18.7 Å². The summed E-state index contributed by atoms with van der Waals surface area (Å²) in [6, 6.07) is 3.92. The van der Waals surface area contributed by atoms with E-state index in [0.717, 1.165) is 23.9 Å². The maximum Gasteiger partial charge on any atom is 0.169 e. The van der Waals surface area contributed by atoms with Crippen LogP contribution in [0.4, 0.5) is 0 Å². The lowest BCUT2D eigenvalue weighted by Crippen LogP contribution is -2.06. The maximum absolute atomic E-state index is 12.0. The fourth-order valence-electron chi connectivity index (χ4n) is 1.96. The van der Waals surface area contributed by atoms with Crippen LogP contribution < -0.4 is 0 Å². The fraction of sp³-hybridized carbons (Fsp3) is 0.429. The Bertz CT molecular complexity index is 558. The largest absolute Gasteiger partial charge is 0.396 e. The zero-order valence-electron chi connectivity index (χ0n) is 10.8. The molecule has 0 spiro atoms. The van der Waals surface area contributed by atoms with Crippen molar-refractivity contribution in [1.82, 2.24) is 9.61 Å². The van der Waals surface area contributed by atoms with Crippen LogP contribution in [0.3, 0.4) is 0 Å². The summed E-state index contributed by atoms with van der Waals surface area (Å²) >= 11 is 0. The SMILES string of the molecule is CC(C)C(=O)c1cnn2cc(CCCO)ccc12. The molecule has 4 heteroatoms. The molecule has 0 aliphatic heterocycles. The van der Waals surface area contributed by atoms with Crippen molar-refractivity contribution < 1.29 is 9.90 Å². The number of fused-ring (bicyclic) bond motifs is 1. The molecule has 0 unspecified atom stereocenters. The van der Waals surface area contributed by atoms with Gasteiger partial charge in [0.1, 0.15) is 0 Å². The number of rotatable bonds is 5. The third-order valence-electron chi connectivity index (χ3n) is 2.99. The highest BCUT2D eigenvalue weighted by Gasteiger charge is 2.15. The molecule has 0 saturated carbocycles. The summed E-state index contributed by atoms with van der Waals surface area (Å²) in [6.45, 7) is 3.97. The molecule has 18 heavy (non-hydrogen) atoms. The number of ketones is 1. The molecule has 0 atom stereocenters. The minimum atomic E-state index is -0.0212. The van der Waals surface area contributed by atoms with Crippen molar-refractivity contribution in [2.45, 2.75) is 26.7 Å². The number of aryl methyl sites for hydroxylation is 1. The van der Waals surface area contributed by atoms with Gasteiger partial charge in [-0.3, -0.25) is 4.79 Å². The lowest BCUT2D eigenvalue weighted by atomic mass is 10.0. The third kappa shape index (κ3) is 2.43. The molecule has 2 aromatic heterocycles. The molecule has 0 fully saturated rings. The number of nitrogens with zero attached hydrogens (tertiary/aromatic N) is 2. The van der Waals surface area contributed by atoms with E-state index in [4.69, 9.17) is 5.11 Å². The van der Waals surface area contributed by atoms with Crippen LogP contribution in [0.1, 0.15) is 36.2 Å². The Hall–Kier alpha value is -1.68. The summed E-state index contributed by atoms with van der Waals surface area (Å²) < 4.78 is 1.74. The molecule has 0 radical (unpaired) electrons.